The summed E-state index contributed by atoms with van der Waals surface area (Å²) in [7, 11) is -3.65. The van der Waals surface area contributed by atoms with Crippen LogP contribution in [0.15, 0.2) is 64.6 Å². The van der Waals surface area contributed by atoms with Gasteiger partial charge in [0.05, 0.1) is 33.6 Å². The molecule has 1 heterocycles. The van der Waals surface area contributed by atoms with E-state index in [-0.39, 0.29) is 16.1 Å². The minimum atomic E-state index is -3.65. The van der Waals surface area contributed by atoms with Crippen molar-refractivity contribution in [1.82, 2.24) is 0 Å². The van der Waals surface area contributed by atoms with Crippen LogP contribution in [0.2, 0.25) is 0 Å². The predicted molar refractivity (Wildman–Crippen MR) is 143 cm³/mol. The second-order valence-electron chi connectivity index (χ2n) is 9.12. The summed E-state index contributed by atoms with van der Waals surface area (Å²) in [6, 6.07) is 13.4. The molecule has 6 nitrogen and oxygen atoms in total. The number of carboxylic acids is 1. The van der Waals surface area contributed by atoms with E-state index in [2.05, 4.69) is 18.7 Å². The zero-order valence-corrected chi connectivity index (χ0v) is 22.3. The summed E-state index contributed by atoms with van der Waals surface area (Å²) in [5, 5.41) is 8.92. The van der Waals surface area contributed by atoms with E-state index in [4.69, 9.17) is 9.84 Å². The Bertz CT molecular complexity index is 1140. The van der Waals surface area contributed by atoms with Gasteiger partial charge in [-0.15, -0.1) is 11.8 Å². The molecule has 3 rings (SSSR count). The Hall–Kier alpha value is -2.45. The van der Waals surface area contributed by atoms with Crippen LogP contribution < -0.4 is 9.64 Å². The van der Waals surface area contributed by atoms with Gasteiger partial charge in [0.15, 0.2) is 9.84 Å². The van der Waals surface area contributed by atoms with Gasteiger partial charge in [-0.3, -0.25) is 0 Å². The van der Waals surface area contributed by atoms with Gasteiger partial charge in [0.25, 0.3) is 0 Å². The Balaban J connectivity index is 2.22. The number of aliphatic carboxylic acids is 1. The maximum Gasteiger partial charge on any atom is 0.331 e. The molecule has 190 valence electrons. The number of hydrogen-bond acceptors (Lipinski definition) is 6. The van der Waals surface area contributed by atoms with Crippen molar-refractivity contribution in [1.29, 1.82) is 0 Å². The first-order valence-electron chi connectivity index (χ1n) is 12.1. The Labute approximate surface area is 213 Å². The average molecular weight is 518 g/mol. The maximum absolute atomic E-state index is 13.9. The Kier molecular flexibility index (Phi) is 9.30. The summed E-state index contributed by atoms with van der Waals surface area (Å²) in [5.74, 6) is -0.718. The van der Waals surface area contributed by atoms with E-state index >= 15 is 0 Å². The molecule has 0 aliphatic carbocycles. The summed E-state index contributed by atoms with van der Waals surface area (Å²) >= 11 is 1.43. The normalized spacial score (nSPS) is 16.6. The average Bonchev–Trinajstić information content (AvgIpc) is 2.93. The molecule has 0 fully saturated rings. The van der Waals surface area contributed by atoms with E-state index < -0.39 is 15.8 Å². The van der Waals surface area contributed by atoms with Gasteiger partial charge in [-0.2, -0.15) is 0 Å². The van der Waals surface area contributed by atoms with Crippen molar-refractivity contribution in [2.45, 2.75) is 62.2 Å². The standard InChI is InChI=1S/C27H35NO5S2/c1-4-6-14-27(15-7-5-2)19-28(21-11-9-8-10-12-21)22-17-24(34-3)23(33-16-13-26(29)30)18-25(22)35(31,32)20-27/h8-13,16-18H,4-7,14-15,19-20H2,1-3H3,(H,29,30)/b16-13+. The second-order valence-corrected chi connectivity index (χ2v) is 11.9. The van der Waals surface area contributed by atoms with Crippen molar-refractivity contribution in [3.05, 3.63) is 54.8 Å². The molecule has 0 bridgehead atoms. The first kappa shape index (κ1) is 27.1. The number of unbranched alkanes of at least 4 members (excludes halogenated alkanes) is 2. The highest BCUT2D eigenvalue weighted by molar-refractivity contribution is 7.98. The summed E-state index contributed by atoms with van der Waals surface area (Å²) in [6.45, 7) is 4.90. The molecule has 1 aliphatic rings. The van der Waals surface area contributed by atoms with Crippen molar-refractivity contribution in [3.8, 4) is 5.75 Å². The number of carboxylic acid groups (broad SMARTS) is 1. The fraction of sp³-hybridized carbons (Fsp3) is 0.444. The molecule has 2 aromatic carbocycles. The van der Waals surface area contributed by atoms with Gasteiger partial charge in [-0.25, -0.2) is 13.2 Å². The third-order valence-electron chi connectivity index (χ3n) is 6.46. The predicted octanol–water partition coefficient (Wildman–Crippen LogP) is 6.68. The van der Waals surface area contributed by atoms with Crippen molar-refractivity contribution in [3.63, 3.8) is 0 Å². The topological polar surface area (TPSA) is 83.9 Å². The minimum absolute atomic E-state index is 0.0827. The molecule has 0 saturated carbocycles. The van der Waals surface area contributed by atoms with Crippen LogP contribution in [0, 0.1) is 5.41 Å². The van der Waals surface area contributed by atoms with Gasteiger partial charge in [0.2, 0.25) is 0 Å². The zero-order chi connectivity index (χ0) is 25.5. The molecule has 0 spiro atoms. The SMILES string of the molecule is CCCCC1(CCCC)CN(c2ccccc2)c2cc(SC)c(O/C=C/C(=O)O)cc2S(=O)(=O)C1. The van der Waals surface area contributed by atoms with Crippen molar-refractivity contribution in [2.75, 3.05) is 23.5 Å². The van der Waals surface area contributed by atoms with Crippen molar-refractivity contribution < 1.29 is 23.1 Å². The van der Waals surface area contributed by atoms with E-state index in [0.717, 1.165) is 61.4 Å². The van der Waals surface area contributed by atoms with E-state index in [9.17, 15) is 13.2 Å². The Morgan fingerprint density at radius 3 is 2.37 bits per heavy atom. The van der Waals surface area contributed by atoms with E-state index in [1.807, 2.05) is 42.7 Å². The van der Waals surface area contributed by atoms with Crippen molar-refractivity contribution in [2.24, 2.45) is 5.41 Å². The van der Waals surface area contributed by atoms with Gasteiger partial charge < -0.3 is 14.7 Å². The lowest BCUT2D eigenvalue weighted by molar-refractivity contribution is -0.131. The van der Waals surface area contributed by atoms with Crippen LogP contribution >= 0.6 is 11.8 Å². The van der Waals surface area contributed by atoms with Crippen LogP contribution in [0.4, 0.5) is 11.4 Å². The van der Waals surface area contributed by atoms with Gasteiger partial charge in [-0.1, -0.05) is 57.7 Å². The Morgan fingerprint density at radius 2 is 1.80 bits per heavy atom. The molecular weight excluding hydrogens is 482 g/mol. The molecule has 0 atom stereocenters. The Morgan fingerprint density at radius 1 is 1.14 bits per heavy atom. The number of hydrogen-bond donors (Lipinski definition) is 1. The number of ether oxygens (including phenoxy) is 1. The lowest BCUT2D eigenvalue weighted by Gasteiger charge is -2.37. The number of thioether (sulfide) groups is 1. The number of rotatable bonds is 11. The summed E-state index contributed by atoms with van der Waals surface area (Å²) < 4.78 is 33.5. The fourth-order valence-corrected chi connectivity index (χ4v) is 7.38. The zero-order valence-electron chi connectivity index (χ0n) is 20.7. The minimum Gasteiger partial charge on any atom is -0.478 e. The molecular formula is C27H35NO5S2. The highest BCUT2D eigenvalue weighted by Crippen LogP contribution is 2.47. The molecule has 0 unspecified atom stereocenters. The van der Waals surface area contributed by atoms with Crippen LogP contribution in [0.5, 0.6) is 5.75 Å². The molecule has 8 heteroatoms. The number of sulfone groups is 1. The number of para-hydroxylation sites is 1. The molecule has 35 heavy (non-hydrogen) atoms. The molecule has 0 radical (unpaired) electrons. The van der Waals surface area contributed by atoms with Gasteiger partial charge in [-0.05, 0) is 37.3 Å². The number of anilines is 2. The second kappa shape index (κ2) is 12.0. The number of fused-ring (bicyclic) bond motifs is 1. The van der Waals surface area contributed by atoms with Gasteiger partial charge in [0.1, 0.15) is 5.75 Å². The molecule has 2 aromatic rings. The van der Waals surface area contributed by atoms with E-state index in [1.165, 1.54) is 11.8 Å². The van der Waals surface area contributed by atoms with E-state index in [1.54, 1.807) is 6.07 Å². The molecule has 0 amide bonds. The first-order valence-corrected chi connectivity index (χ1v) is 15.0. The lowest BCUT2D eigenvalue weighted by Crippen LogP contribution is -2.38. The van der Waals surface area contributed by atoms with E-state index in [0.29, 0.717) is 18.0 Å². The highest BCUT2D eigenvalue weighted by atomic mass is 32.2. The molecule has 1 N–H and O–H groups in total. The number of nitrogens with zero attached hydrogens (tertiary/aromatic N) is 1. The maximum atomic E-state index is 13.9. The first-order chi connectivity index (χ1) is 16.7. The molecule has 0 saturated heterocycles. The summed E-state index contributed by atoms with van der Waals surface area (Å²) in [5.41, 5.74) is 1.23. The third-order valence-corrected chi connectivity index (χ3v) is 9.20. The lowest BCUT2D eigenvalue weighted by atomic mass is 9.79. The highest BCUT2D eigenvalue weighted by Gasteiger charge is 2.42. The fourth-order valence-electron chi connectivity index (χ4n) is 4.72. The molecule has 1 aliphatic heterocycles. The largest absolute Gasteiger partial charge is 0.478 e. The number of benzene rings is 2. The van der Waals surface area contributed by atoms with Crippen LogP contribution in [-0.4, -0.2) is 38.0 Å². The van der Waals surface area contributed by atoms with Crippen molar-refractivity contribution >= 4 is 38.9 Å². The van der Waals surface area contributed by atoms with Gasteiger partial charge in [0, 0.05) is 23.7 Å². The quantitative estimate of drug-likeness (QED) is 0.202. The van der Waals surface area contributed by atoms with Gasteiger partial charge >= 0.3 is 5.97 Å². The summed E-state index contributed by atoms with van der Waals surface area (Å²) in [6.07, 6.45) is 9.52. The van der Waals surface area contributed by atoms with Crippen LogP contribution in [0.25, 0.3) is 0 Å². The molecule has 0 aromatic heterocycles. The van der Waals surface area contributed by atoms with Crippen LogP contribution in [0.1, 0.15) is 52.4 Å². The third kappa shape index (κ3) is 6.61. The summed E-state index contributed by atoms with van der Waals surface area (Å²) in [4.78, 5) is 14.0. The monoisotopic (exact) mass is 517 g/mol. The smallest absolute Gasteiger partial charge is 0.331 e. The van der Waals surface area contributed by atoms with Crippen LogP contribution in [-0.2, 0) is 14.6 Å². The van der Waals surface area contributed by atoms with Crippen LogP contribution in [0.3, 0.4) is 0 Å². The number of carbonyl (C=O) groups is 1.